The van der Waals surface area contributed by atoms with Crippen LogP contribution in [0.25, 0.3) is 0 Å². The van der Waals surface area contributed by atoms with E-state index in [0.29, 0.717) is 0 Å². The summed E-state index contributed by atoms with van der Waals surface area (Å²) in [6, 6.07) is -0.178. The molecular formula is C10H17NO2. The van der Waals surface area contributed by atoms with Gasteiger partial charge in [0.15, 0.2) is 0 Å². The molecule has 0 aliphatic heterocycles. The average molecular weight is 183 g/mol. The van der Waals surface area contributed by atoms with Crippen molar-refractivity contribution >= 4 is 5.91 Å². The predicted octanol–water partition coefficient (Wildman–Crippen LogP) is 0.939. The molecule has 0 aliphatic carbocycles. The Morgan fingerprint density at radius 1 is 1.62 bits per heavy atom. The Kier molecular flexibility index (Phi) is 5.99. The lowest BCUT2D eigenvalue weighted by molar-refractivity contribution is -0.127. The van der Waals surface area contributed by atoms with E-state index in [9.17, 15) is 4.79 Å². The van der Waals surface area contributed by atoms with Gasteiger partial charge in [0.25, 0.3) is 0 Å². The van der Waals surface area contributed by atoms with Gasteiger partial charge in [-0.2, -0.15) is 0 Å². The van der Waals surface area contributed by atoms with Crippen LogP contribution in [-0.2, 0) is 9.53 Å². The number of carbonyl (C=O) groups is 1. The lowest BCUT2D eigenvalue weighted by atomic mass is 10.2. The Balaban J connectivity index is 3.68. The molecule has 0 aromatic carbocycles. The first-order chi connectivity index (χ1) is 6.10. The van der Waals surface area contributed by atoms with Crippen LogP contribution >= 0.6 is 0 Å². The number of nitrogens with one attached hydrogen (secondary N) is 1. The molecule has 13 heavy (non-hydrogen) atoms. The molecule has 1 atom stereocenters. The van der Waals surface area contributed by atoms with E-state index in [1.54, 1.807) is 0 Å². The van der Waals surface area contributed by atoms with E-state index in [0.717, 1.165) is 6.42 Å². The number of hydrogen-bond acceptors (Lipinski definition) is 2. The Labute approximate surface area is 79.8 Å². The minimum Gasteiger partial charge on any atom is -0.369 e. The fourth-order valence-corrected chi connectivity index (χ4v) is 0.740. The van der Waals surface area contributed by atoms with Gasteiger partial charge in [-0.1, -0.05) is 12.8 Å². The minimum atomic E-state index is -0.178. The Morgan fingerprint density at radius 3 is 2.62 bits per heavy atom. The smallest absolute Gasteiger partial charge is 0.246 e. The number of ether oxygens (including phenoxy) is 1. The van der Waals surface area contributed by atoms with Crippen LogP contribution in [0.2, 0.25) is 0 Å². The summed E-state index contributed by atoms with van der Waals surface area (Å²) in [6.07, 6.45) is 5.99. The fourth-order valence-electron chi connectivity index (χ4n) is 0.740. The van der Waals surface area contributed by atoms with Crippen LogP contribution < -0.4 is 5.32 Å². The maximum atomic E-state index is 11.1. The van der Waals surface area contributed by atoms with E-state index in [-0.39, 0.29) is 24.7 Å². The van der Waals surface area contributed by atoms with Crippen molar-refractivity contribution in [2.45, 2.75) is 39.3 Å². The second kappa shape index (κ2) is 6.50. The van der Waals surface area contributed by atoms with Crippen molar-refractivity contribution in [1.82, 2.24) is 5.32 Å². The highest BCUT2D eigenvalue weighted by atomic mass is 16.5. The molecular weight excluding hydrogens is 166 g/mol. The second-order valence-corrected chi connectivity index (χ2v) is 3.05. The summed E-state index contributed by atoms with van der Waals surface area (Å²) in [5.74, 6) is 2.33. The third-order valence-corrected chi connectivity index (χ3v) is 1.49. The van der Waals surface area contributed by atoms with Crippen molar-refractivity contribution in [1.29, 1.82) is 0 Å². The summed E-state index contributed by atoms with van der Waals surface area (Å²) >= 11 is 0. The van der Waals surface area contributed by atoms with Crippen LogP contribution in [0.1, 0.15) is 27.2 Å². The number of carbonyl (C=O) groups excluding carboxylic acids is 1. The molecule has 0 radical (unpaired) electrons. The number of terminal acetylenes is 1. The van der Waals surface area contributed by atoms with Gasteiger partial charge in [-0.25, -0.2) is 0 Å². The van der Waals surface area contributed by atoms with Crippen molar-refractivity contribution in [2.75, 3.05) is 6.61 Å². The average Bonchev–Trinajstić information content (AvgIpc) is 2.10. The SMILES string of the molecule is C#CC(CC)NC(=O)COC(C)C. The first kappa shape index (κ1) is 12.0. The van der Waals surface area contributed by atoms with Crippen LogP contribution in [0, 0.1) is 12.3 Å². The molecule has 1 N–H and O–H groups in total. The van der Waals surface area contributed by atoms with Crippen LogP contribution in [0.15, 0.2) is 0 Å². The maximum Gasteiger partial charge on any atom is 0.246 e. The zero-order valence-corrected chi connectivity index (χ0v) is 8.46. The van der Waals surface area contributed by atoms with Crippen molar-refractivity contribution < 1.29 is 9.53 Å². The molecule has 0 aromatic rings. The van der Waals surface area contributed by atoms with Crippen LogP contribution in [0.3, 0.4) is 0 Å². The summed E-state index contributed by atoms with van der Waals surface area (Å²) in [5.41, 5.74) is 0. The molecule has 1 amide bonds. The maximum absolute atomic E-state index is 11.1. The lowest BCUT2D eigenvalue weighted by Crippen LogP contribution is -2.36. The lowest BCUT2D eigenvalue weighted by Gasteiger charge is -2.11. The van der Waals surface area contributed by atoms with Gasteiger partial charge in [-0.3, -0.25) is 4.79 Å². The minimum absolute atomic E-state index is 0.0664. The molecule has 0 rings (SSSR count). The van der Waals surface area contributed by atoms with Crippen LogP contribution in [-0.4, -0.2) is 24.7 Å². The van der Waals surface area contributed by atoms with Gasteiger partial charge in [0.05, 0.1) is 12.1 Å². The van der Waals surface area contributed by atoms with Gasteiger partial charge < -0.3 is 10.1 Å². The van der Waals surface area contributed by atoms with Gasteiger partial charge in [-0.05, 0) is 20.3 Å². The molecule has 0 bridgehead atoms. The number of amides is 1. The summed E-state index contributed by atoms with van der Waals surface area (Å²) in [6.45, 7) is 5.77. The van der Waals surface area contributed by atoms with Crippen molar-refractivity contribution in [2.24, 2.45) is 0 Å². The van der Waals surface area contributed by atoms with E-state index < -0.39 is 0 Å². The highest BCUT2D eigenvalue weighted by molar-refractivity contribution is 5.77. The normalized spacial score (nSPS) is 12.2. The van der Waals surface area contributed by atoms with Gasteiger partial charge in [0.1, 0.15) is 6.61 Å². The highest BCUT2D eigenvalue weighted by Gasteiger charge is 2.07. The zero-order chi connectivity index (χ0) is 10.3. The molecule has 0 heterocycles. The van der Waals surface area contributed by atoms with Gasteiger partial charge in [-0.15, -0.1) is 6.42 Å². The van der Waals surface area contributed by atoms with Crippen LogP contribution in [0.5, 0.6) is 0 Å². The summed E-state index contributed by atoms with van der Waals surface area (Å²) in [4.78, 5) is 11.1. The highest BCUT2D eigenvalue weighted by Crippen LogP contribution is 1.90. The molecule has 0 aliphatic rings. The van der Waals surface area contributed by atoms with Crippen LogP contribution in [0.4, 0.5) is 0 Å². The van der Waals surface area contributed by atoms with Gasteiger partial charge in [0, 0.05) is 0 Å². The molecule has 0 saturated heterocycles. The molecule has 0 aromatic heterocycles. The van der Waals surface area contributed by atoms with E-state index in [1.165, 1.54) is 0 Å². The van der Waals surface area contributed by atoms with E-state index in [1.807, 2.05) is 20.8 Å². The second-order valence-electron chi connectivity index (χ2n) is 3.05. The summed E-state index contributed by atoms with van der Waals surface area (Å²) < 4.78 is 5.11. The molecule has 0 spiro atoms. The van der Waals surface area contributed by atoms with E-state index in [4.69, 9.17) is 11.2 Å². The Morgan fingerprint density at radius 2 is 2.23 bits per heavy atom. The molecule has 0 saturated carbocycles. The Hall–Kier alpha value is -1.01. The zero-order valence-electron chi connectivity index (χ0n) is 8.46. The summed E-state index contributed by atoms with van der Waals surface area (Å²) in [5, 5.41) is 2.67. The third kappa shape index (κ3) is 6.18. The first-order valence-corrected chi connectivity index (χ1v) is 4.47. The monoisotopic (exact) mass is 183 g/mol. The number of hydrogen-bond donors (Lipinski definition) is 1. The van der Waals surface area contributed by atoms with E-state index in [2.05, 4.69) is 11.2 Å². The molecule has 3 nitrogen and oxygen atoms in total. The summed E-state index contributed by atoms with van der Waals surface area (Å²) in [7, 11) is 0. The molecule has 1 unspecified atom stereocenters. The van der Waals surface area contributed by atoms with Gasteiger partial charge in [0.2, 0.25) is 5.91 Å². The first-order valence-electron chi connectivity index (χ1n) is 4.47. The van der Waals surface area contributed by atoms with Gasteiger partial charge >= 0.3 is 0 Å². The van der Waals surface area contributed by atoms with E-state index >= 15 is 0 Å². The fraction of sp³-hybridized carbons (Fsp3) is 0.700. The standard InChI is InChI=1S/C10H17NO2/c1-5-9(6-2)11-10(12)7-13-8(3)4/h1,8-9H,6-7H2,2-4H3,(H,11,12). The van der Waals surface area contributed by atoms with Crippen molar-refractivity contribution in [3.8, 4) is 12.3 Å². The number of rotatable bonds is 5. The van der Waals surface area contributed by atoms with Crippen molar-refractivity contribution in [3.05, 3.63) is 0 Å². The topological polar surface area (TPSA) is 38.3 Å². The Bertz CT molecular complexity index is 194. The quantitative estimate of drug-likeness (QED) is 0.644. The largest absolute Gasteiger partial charge is 0.369 e. The van der Waals surface area contributed by atoms with Crippen molar-refractivity contribution in [3.63, 3.8) is 0 Å². The third-order valence-electron chi connectivity index (χ3n) is 1.49. The molecule has 0 fully saturated rings. The predicted molar refractivity (Wildman–Crippen MR) is 52.1 cm³/mol. The molecule has 74 valence electrons. The molecule has 3 heteroatoms.